The van der Waals surface area contributed by atoms with E-state index >= 15 is 0 Å². The van der Waals surface area contributed by atoms with Gasteiger partial charge in [0.1, 0.15) is 18.5 Å². The van der Waals surface area contributed by atoms with Gasteiger partial charge in [0.2, 0.25) is 5.88 Å². The van der Waals surface area contributed by atoms with Crippen molar-refractivity contribution in [3.8, 4) is 22.8 Å². The predicted octanol–water partition coefficient (Wildman–Crippen LogP) is 2.98. The molecule has 0 radical (unpaired) electrons. The number of aliphatic hydroxyl groups is 1. The zero-order valence-corrected chi connectivity index (χ0v) is 16.6. The van der Waals surface area contributed by atoms with Crippen molar-refractivity contribution in [3.63, 3.8) is 0 Å². The number of methoxy groups -OCH3 is 1. The van der Waals surface area contributed by atoms with Crippen molar-refractivity contribution < 1.29 is 19.3 Å². The minimum atomic E-state index is -0.571. The zero-order chi connectivity index (χ0) is 20.1. The highest BCUT2D eigenvalue weighted by Gasteiger charge is 2.17. The number of pyridine rings is 1. The third kappa shape index (κ3) is 4.67. The second-order valence-electron chi connectivity index (χ2n) is 7.11. The molecule has 1 aliphatic rings. The maximum atomic E-state index is 10.4. The Morgan fingerprint density at radius 1 is 1.07 bits per heavy atom. The van der Waals surface area contributed by atoms with Crippen molar-refractivity contribution in [3.05, 3.63) is 54.6 Å². The molecule has 1 saturated heterocycles. The maximum absolute atomic E-state index is 10.4. The number of aliphatic hydroxyl groups excluding tert-OH is 1. The van der Waals surface area contributed by atoms with Crippen LogP contribution in [0.5, 0.6) is 11.6 Å². The van der Waals surface area contributed by atoms with Crippen LogP contribution in [-0.4, -0.2) is 67.7 Å². The summed E-state index contributed by atoms with van der Waals surface area (Å²) in [5, 5.41) is 11.5. The monoisotopic (exact) mass is 394 g/mol. The zero-order valence-electron chi connectivity index (χ0n) is 16.6. The summed E-state index contributed by atoms with van der Waals surface area (Å²) in [5.74, 6) is 1.25. The standard InChI is InChI=1S/C23H26N2O4/c1-27-23-20(14-17-6-2-4-8-21(17)24-23)19-7-3-5-9-22(19)29-16-18(26)15-25-10-12-28-13-11-25/h2-9,14,18,26H,10-13,15-16H2,1H3. The minimum absolute atomic E-state index is 0.220. The van der Waals surface area contributed by atoms with Gasteiger partial charge in [0.05, 0.1) is 25.8 Å². The van der Waals surface area contributed by atoms with E-state index in [-0.39, 0.29) is 6.61 Å². The van der Waals surface area contributed by atoms with Crippen LogP contribution in [0.3, 0.4) is 0 Å². The number of hydrogen-bond donors (Lipinski definition) is 1. The Hall–Kier alpha value is -2.67. The van der Waals surface area contributed by atoms with E-state index in [0.29, 0.717) is 31.4 Å². The topological polar surface area (TPSA) is 64.0 Å². The second kappa shape index (κ2) is 9.22. The Labute approximate surface area is 170 Å². The molecule has 0 amide bonds. The lowest BCUT2D eigenvalue weighted by atomic mass is 10.0. The Kier molecular flexibility index (Phi) is 6.24. The number of morpholine rings is 1. The van der Waals surface area contributed by atoms with Crippen LogP contribution in [0.4, 0.5) is 0 Å². The van der Waals surface area contributed by atoms with Crippen LogP contribution in [0.1, 0.15) is 0 Å². The van der Waals surface area contributed by atoms with Gasteiger partial charge in [0.25, 0.3) is 0 Å². The number of para-hydroxylation sites is 2. The van der Waals surface area contributed by atoms with E-state index in [0.717, 1.165) is 35.1 Å². The average Bonchev–Trinajstić information content (AvgIpc) is 2.77. The summed E-state index contributed by atoms with van der Waals surface area (Å²) in [5.41, 5.74) is 2.64. The van der Waals surface area contributed by atoms with E-state index in [1.165, 1.54) is 0 Å². The highest BCUT2D eigenvalue weighted by atomic mass is 16.5. The number of fused-ring (bicyclic) bond motifs is 1. The van der Waals surface area contributed by atoms with Crippen molar-refractivity contribution in [1.82, 2.24) is 9.88 Å². The highest BCUT2D eigenvalue weighted by molar-refractivity contribution is 5.87. The smallest absolute Gasteiger partial charge is 0.221 e. The van der Waals surface area contributed by atoms with Crippen LogP contribution in [0.2, 0.25) is 0 Å². The fourth-order valence-corrected chi connectivity index (χ4v) is 3.58. The summed E-state index contributed by atoms with van der Waals surface area (Å²) in [7, 11) is 1.62. The number of hydrogen-bond acceptors (Lipinski definition) is 6. The van der Waals surface area contributed by atoms with Crippen LogP contribution in [0, 0.1) is 0 Å². The number of ether oxygens (including phenoxy) is 3. The lowest BCUT2D eigenvalue weighted by Gasteiger charge is -2.28. The van der Waals surface area contributed by atoms with Gasteiger partial charge in [0, 0.05) is 36.1 Å². The van der Waals surface area contributed by atoms with Crippen molar-refractivity contribution in [2.24, 2.45) is 0 Å². The largest absolute Gasteiger partial charge is 0.490 e. The van der Waals surface area contributed by atoms with Crippen LogP contribution < -0.4 is 9.47 Å². The first-order valence-corrected chi connectivity index (χ1v) is 9.89. The normalized spacial score (nSPS) is 15.9. The molecule has 1 fully saturated rings. The molecule has 3 aromatic rings. The van der Waals surface area contributed by atoms with E-state index < -0.39 is 6.10 Å². The molecule has 1 atom stereocenters. The molecular weight excluding hydrogens is 368 g/mol. The van der Waals surface area contributed by atoms with E-state index in [4.69, 9.17) is 14.2 Å². The van der Waals surface area contributed by atoms with Crippen molar-refractivity contribution in [1.29, 1.82) is 0 Å². The second-order valence-corrected chi connectivity index (χ2v) is 7.11. The molecule has 0 bridgehead atoms. The number of nitrogens with zero attached hydrogens (tertiary/aromatic N) is 2. The van der Waals surface area contributed by atoms with Crippen molar-refractivity contribution >= 4 is 10.9 Å². The third-order valence-corrected chi connectivity index (χ3v) is 5.06. The molecular formula is C23H26N2O4. The van der Waals surface area contributed by atoms with Crippen molar-refractivity contribution in [2.75, 3.05) is 46.6 Å². The number of rotatable bonds is 7. The van der Waals surface area contributed by atoms with Gasteiger partial charge in [-0.25, -0.2) is 4.98 Å². The van der Waals surface area contributed by atoms with E-state index in [1.807, 2.05) is 48.5 Å². The molecule has 1 N–H and O–H groups in total. The molecule has 2 heterocycles. The van der Waals surface area contributed by atoms with Gasteiger partial charge < -0.3 is 19.3 Å². The van der Waals surface area contributed by atoms with E-state index in [2.05, 4.69) is 16.0 Å². The van der Waals surface area contributed by atoms with E-state index in [1.54, 1.807) is 7.11 Å². The summed E-state index contributed by atoms with van der Waals surface area (Å²) in [6.07, 6.45) is -0.571. The Morgan fingerprint density at radius 3 is 2.66 bits per heavy atom. The third-order valence-electron chi connectivity index (χ3n) is 5.06. The van der Waals surface area contributed by atoms with Crippen LogP contribution >= 0.6 is 0 Å². The van der Waals surface area contributed by atoms with Crippen LogP contribution in [-0.2, 0) is 4.74 Å². The number of benzene rings is 2. The lowest BCUT2D eigenvalue weighted by molar-refractivity contribution is 0.00471. The van der Waals surface area contributed by atoms with Crippen molar-refractivity contribution in [2.45, 2.75) is 6.10 Å². The van der Waals surface area contributed by atoms with Gasteiger partial charge in [-0.2, -0.15) is 0 Å². The van der Waals surface area contributed by atoms with E-state index in [9.17, 15) is 5.11 Å². The predicted molar refractivity (Wildman–Crippen MR) is 112 cm³/mol. The Balaban J connectivity index is 1.54. The number of aromatic nitrogens is 1. The summed E-state index contributed by atoms with van der Waals surface area (Å²) in [4.78, 5) is 6.83. The summed E-state index contributed by atoms with van der Waals surface area (Å²) < 4.78 is 16.9. The molecule has 2 aromatic carbocycles. The highest BCUT2D eigenvalue weighted by Crippen LogP contribution is 2.37. The Morgan fingerprint density at radius 2 is 1.83 bits per heavy atom. The van der Waals surface area contributed by atoms with Gasteiger partial charge in [-0.05, 0) is 18.2 Å². The molecule has 1 aliphatic heterocycles. The summed E-state index contributed by atoms with van der Waals surface area (Å²) in [6, 6.07) is 17.8. The summed E-state index contributed by atoms with van der Waals surface area (Å²) in [6.45, 7) is 3.90. The fraction of sp³-hybridized carbons (Fsp3) is 0.348. The Bertz CT molecular complexity index is 957. The first-order chi connectivity index (χ1) is 14.2. The van der Waals surface area contributed by atoms with Gasteiger partial charge in [-0.15, -0.1) is 0 Å². The van der Waals surface area contributed by atoms with Crippen LogP contribution in [0.15, 0.2) is 54.6 Å². The molecule has 0 aliphatic carbocycles. The summed E-state index contributed by atoms with van der Waals surface area (Å²) >= 11 is 0. The molecule has 29 heavy (non-hydrogen) atoms. The van der Waals surface area contributed by atoms with Gasteiger partial charge in [-0.1, -0.05) is 36.4 Å². The first kappa shape index (κ1) is 19.6. The SMILES string of the molecule is COc1nc2ccccc2cc1-c1ccccc1OCC(O)CN1CCOCC1. The molecule has 0 saturated carbocycles. The maximum Gasteiger partial charge on any atom is 0.221 e. The average molecular weight is 394 g/mol. The molecule has 1 unspecified atom stereocenters. The van der Waals surface area contributed by atoms with Gasteiger partial charge in [0.15, 0.2) is 0 Å². The molecule has 4 rings (SSSR count). The van der Waals surface area contributed by atoms with Crippen LogP contribution in [0.25, 0.3) is 22.0 Å². The number of β-amino-alcohol motifs (C(OH)–C–C–N with tert-alkyl or cyclic N) is 1. The van der Waals surface area contributed by atoms with Gasteiger partial charge >= 0.3 is 0 Å². The van der Waals surface area contributed by atoms with Gasteiger partial charge in [-0.3, -0.25) is 4.90 Å². The lowest BCUT2D eigenvalue weighted by Crippen LogP contribution is -2.42. The fourth-order valence-electron chi connectivity index (χ4n) is 3.58. The molecule has 0 spiro atoms. The molecule has 6 heteroatoms. The molecule has 1 aromatic heterocycles. The molecule has 152 valence electrons. The molecule has 6 nitrogen and oxygen atoms in total. The quantitative estimate of drug-likeness (QED) is 0.665. The first-order valence-electron chi connectivity index (χ1n) is 9.89. The minimum Gasteiger partial charge on any atom is -0.490 e.